The van der Waals surface area contributed by atoms with Crippen LogP contribution in [0.15, 0.2) is 41.1 Å². The molecular formula is C12H9BrN4O. The predicted molar refractivity (Wildman–Crippen MR) is 69.7 cm³/mol. The third kappa shape index (κ3) is 2.06. The van der Waals surface area contributed by atoms with E-state index in [1.165, 1.54) is 6.33 Å². The molecule has 0 atom stereocenters. The van der Waals surface area contributed by atoms with E-state index in [1.54, 1.807) is 4.52 Å². The molecule has 0 bridgehead atoms. The highest BCUT2D eigenvalue weighted by molar-refractivity contribution is 9.10. The smallest absolute Gasteiger partial charge is 0.255 e. The Kier molecular flexibility index (Phi) is 2.71. The number of rotatable bonds is 2. The van der Waals surface area contributed by atoms with E-state index in [1.807, 2.05) is 37.3 Å². The van der Waals surface area contributed by atoms with Crippen molar-refractivity contribution in [2.75, 3.05) is 0 Å². The average Bonchev–Trinajstić information content (AvgIpc) is 2.80. The second kappa shape index (κ2) is 4.38. The highest BCUT2D eigenvalue weighted by Crippen LogP contribution is 2.23. The molecule has 0 radical (unpaired) electrons. The summed E-state index contributed by atoms with van der Waals surface area (Å²) in [6.45, 7) is 1.89. The van der Waals surface area contributed by atoms with Gasteiger partial charge in [-0.1, -0.05) is 15.9 Å². The Morgan fingerprint density at radius 2 is 2.00 bits per heavy atom. The second-order valence-electron chi connectivity index (χ2n) is 3.76. The van der Waals surface area contributed by atoms with Crippen molar-refractivity contribution in [2.24, 2.45) is 0 Å². The first-order valence-corrected chi connectivity index (χ1v) is 6.12. The summed E-state index contributed by atoms with van der Waals surface area (Å²) in [5.74, 6) is 1.86. The lowest BCUT2D eigenvalue weighted by atomic mass is 10.3. The number of benzene rings is 1. The molecule has 6 heteroatoms. The molecule has 5 nitrogen and oxygen atoms in total. The van der Waals surface area contributed by atoms with Gasteiger partial charge in [0.2, 0.25) is 5.88 Å². The van der Waals surface area contributed by atoms with E-state index in [-0.39, 0.29) is 0 Å². The molecule has 18 heavy (non-hydrogen) atoms. The molecule has 0 saturated carbocycles. The van der Waals surface area contributed by atoms with Crippen molar-refractivity contribution < 1.29 is 4.74 Å². The number of fused-ring (bicyclic) bond motifs is 1. The minimum Gasteiger partial charge on any atom is -0.439 e. The van der Waals surface area contributed by atoms with Gasteiger partial charge in [-0.2, -0.15) is 14.6 Å². The van der Waals surface area contributed by atoms with Crippen molar-refractivity contribution in [1.29, 1.82) is 0 Å². The third-order valence-corrected chi connectivity index (χ3v) is 2.91. The van der Waals surface area contributed by atoms with Crippen molar-refractivity contribution >= 4 is 21.7 Å². The Bertz CT molecular complexity index is 693. The summed E-state index contributed by atoms with van der Waals surface area (Å²) in [5.41, 5.74) is 0.836. The number of nitrogens with zero attached hydrogens (tertiary/aromatic N) is 4. The molecule has 0 aliphatic carbocycles. The van der Waals surface area contributed by atoms with Crippen LogP contribution in [0.5, 0.6) is 11.6 Å². The van der Waals surface area contributed by atoms with Gasteiger partial charge in [-0.05, 0) is 31.2 Å². The molecular weight excluding hydrogens is 296 g/mol. The Labute approximate surface area is 112 Å². The van der Waals surface area contributed by atoms with Crippen LogP contribution in [0.3, 0.4) is 0 Å². The van der Waals surface area contributed by atoms with E-state index in [4.69, 9.17) is 4.74 Å². The van der Waals surface area contributed by atoms with Crippen LogP contribution in [0.25, 0.3) is 5.78 Å². The summed E-state index contributed by atoms with van der Waals surface area (Å²) in [4.78, 5) is 8.30. The maximum atomic E-state index is 5.79. The van der Waals surface area contributed by atoms with Crippen molar-refractivity contribution in [3.05, 3.63) is 46.8 Å². The predicted octanol–water partition coefficient (Wildman–Crippen LogP) is 2.99. The highest BCUT2D eigenvalue weighted by atomic mass is 79.9. The largest absolute Gasteiger partial charge is 0.439 e. The fourth-order valence-corrected chi connectivity index (χ4v) is 1.86. The van der Waals surface area contributed by atoms with Gasteiger partial charge in [0.1, 0.15) is 12.1 Å². The Hall–Kier alpha value is -1.95. The summed E-state index contributed by atoms with van der Waals surface area (Å²) >= 11 is 3.38. The zero-order valence-corrected chi connectivity index (χ0v) is 11.1. The maximum Gasteiger partial charge on any atom is 0.255 e. The van der Waals surface area contributed by atoms with E-state index in [9.17, 15) is 0 Å². The molecule has 0 N–H and O–H groups in total. The van der Waals surface area contributed by atoms with Crippen LogP contribution >= 0.6 is 15.9 Å². The zero-order valence-electron chi connectivity index (χ0n) is 9.54. The van der Waals surface area contributed by atoms with E-state index < -0.39 is 0 Å². The number of ether oxygens (including phenoxy) is 1. The van der Waals surface area contributed by atoms with Gasteiger partial charge < -0.3 is 4.74 Å². The molecule has 0 unspecified atom stereocenters. The lowest BCUT2D eigenvalue weighted by Crippen LogP contribution is -1.99. The van der Waals surface area contributed by atoms with Crippen LogP contribution in [0, 0.1) is 6.92 Å². The van der Waals surface area contributed by atoms with E-state index in [2.05, 4.69) is 31.0 Å². The molecule has 0 fully saturated rings. The third-order valence-electron chi connectivity index (χ3n) is 2.38. The standard InChI is InChI=1S/C12H9BrN4O/c1-8-6-11(17-12(16-8)14-7-15-17)18-10-4-2-9(13)3-5-10/h2-7H,1H3. The van der Waals surface area contributed by atoms with Crippen molar-refractivity contribution in [1.82, 2.24) is 19.6 Å². The van der Waals surface area contributed by atoms with Crippen LogP contribution < -0.4 is 4.74 Å². The Balaban J connectivity index is 2.03. The molecule has 90 valence electrons. The molecule has 0 saturated heterocycles. The molecule has 0 amide bonds. The first-order chi connectivity index (χ1) is 8.72. The molecule has 0 spiro atoms. The SMILES string of the molecule is Cc1cc(Oc2ccc(Br)cc2)n2ncnc2n1. The first-order valence-electron chi connectivity index (χ1n) is 5.33. The monoisotopic (exact) mass is 304 g/mol. The number of halogens is 1. The topological polar surface area (TPSA) is 52.3 Å². The van der Waals surface area contributed by atoms with Crippen LogP contribution in [0.2, 0.25) is 0 Å². The van der Waals surface area contributed by atoms with E-state index in [0.29, 0.717) is 11.7 Å². The highest BCUT2D eigenvalue weighted by Gasteiger charge is 2.07. The number of aromatic nitrogens is 4. The number of hydrogen-bond donors (Lipinski definition) is 0. The summed E-state index contributed by atoms with van der Waals surface area (Å²) < 4.78 is 8.36. The molecule has 2 heterocycles. The van der Waals surface area contributed by atoms with Gasteiger partial charge in [0.05, 0.1) is 0 Å². The second-order valence-corrected chi connectivity index (χ2v) is 4.68. The van der Waals surface area contributed by atoms with E-state index in [0.717, 1.165) is 15.9 Å². The number of aryl methyl sites for hydroxylation is 1. The summed E-state index contributed by atoms with van der Waals surface area (Å²) in [7, 11) is 0. The molecule has 0 aliphatic rings. The van der Waals surface area contributed by atoms with Gasteiger partial charge in [0.25, 0.3) is 5.78 Å². The molecule has 3 rings (SSSR count). The molecule has 1 aromatic carbocycles. The zero-order chi connectivity index (χ0) is 12.5. The normalized spacial score (nSPS) is 10.8. The van der Waals surface area contributed by atoms with Gasteiger partial charge in [-0.25, -0.2) is 4.98 Å². The van der Waals surface area contributed by atoms with Crippen LogP contribution in [0.1, 0.15) is 5.69 Å². The summed E-state index contributed by atoms with van der Waals surface area (Å²) in [6.07, 6.45) is 1.45. The average molecular weight is 305 g/mol. The number of hydrogen-bond acceptors (Lipinski definition) is 4. The van der Waals surface area contributed by atoms with Crippen molar-refractivity contribution in [2.45, 2.75) is 6.92 Å². The maximum absolute atomic E-state index is 5.79. The van der Waals surface area contributed by atoms with Gasteiger partial charge >= 0.3 is 0 Å². The fraction of sp³-hybridized carbons (Fsp3) is 0.0833. The quantitative estimate of drug-likeness (QED) is 0.730. The minimum atomic E-state index is 0.530. The van der Waals surface area contributed by atoms with Gasteiger partial charge in [0, 0.05) is 16.2 Å². The fourth-order valence-electron chi connectivity index (χ4n) is 1.59. The van der Waals surface area contributed by atoms with Crippen LogP contribution in [0.4, 0.5) is 0 Å². The van der Waals surface area contributed by atoms with E-state index >= 15 is 0 Å². The molecule has 3 aromatic rings. The molecule has 0 aliphatic heterocycles. The van der Waals surface area contributed by atoms with Crippen LogP contribution in [-0.2, 0) is 0 Å². The Morgan fingerprint density at radius 3 is 2.78 bits per heavy atom. The first kappa shape index (κ1) is 11.2. The Morgan fingerprint density at radius 1 is 1.22 bits per heavy atom. The van der Waals surface area contributed by atoms with Crippen LogP contribution in [-0.4, -0.2) is 19.6 Å². The van der Waals surface area contributed by atoms with Gasteiger partial charge in [-0.15, -0.1) is 0 Å². The minimum absolute atomic E-state index is 0.530. The van der Waals surface area contributed by atoms with Crippen molar-refractivity contribution in [3.63, 3.8) is 0 Å². The van der Waals surface area contributed by atoms with Gasteiger partial charge in [-0.3, -0.25) is 0 Å². The van der Waals surface area contributed by atoms with Gasteiger partial charge in [0.15, 0.2) is 0 Å². The molecule has 2 aromatic heterocycles. The van der Waals surface area contributed by atoms with Crippen molar-refractivity contribution in [3.8, 4) is 11.6 Å². The lowest BCUT2D eigenvalue weighted by Gasteiger charge is -2.07. The lowest BCUT2D eigenvalue weighted by molar-refractivity contribution is 0.445. The summed E-state index contributed by atoms with van der Waals surface area (Å²) in [6, 6.07) is 9.42. The summed E-state index contributed by atoms with van der Waals surface area (Å²) in [5, 5.41) is 4.08.